The van der Waals surface area contributed by atoms with Crippen molar-refractivity contribution in [1.29, 1.82) is 0 Å². The lowest BCUT2D eigenvalue weighted by atomic mass is 10.1. The lowest BCUT2D eigenvalue weighted by Crippen LogP contribution is -2.31. The van der Waals surface area contributed by atoms with Crippen molar-refractivity contribution in [3.05, 3.63) is 47.5 Å². The zero-order valence-electron chi connectivity index (χ0n) is 21.0. The lowest BCUT2D eigenvalue weighted by molar-refractivity contribution is 0.0742. The van der Waals surface area contributed by atoms with Gasteiger partial charge in [-0.25, -0.2) is 12.7 Å². The minimum Gasteiger partial charge on any atom is -0.495 e. The van der Waals surface area contributed by atoms with Gasteiger partial charge in [0.25, 0.3) is 5.91 Å². The van der Waals surface area contributed by atoms with Crippen LogP contribution in [0.15, 0.2) is 41.3 Å². The summed E-state index contributed by atoms with van der Waals surface area (Å²) in [5.41, 5.74) is 1.17. The van der Waals surface area contributed by atoms with E-state index in [0.717, 1.165) is 22.7 Å². The largest absolute Gasteiger partial charge is 0.495 e. The molecule has 0 aliphatic heterocycles. The predicted molar refractivity (Wildman–Crippen MR) is 132 cm³/mol. The van der Waals surface area contributed by atoms with Crippen LogP contribution in [-0.2, 0) is 16.6 Å². The third-order valence-corrected chi connectivity index (χ3v) is 6.93. The van der Waals surface area contributed by atoms with E-state index < -0.39 is 10.0 Å². The van der Waals surface area contributed by atoms with Crippen LogP contribution in [0.4, 0.5) is 0 Å². The SMILES string of the molecule is CCCOc1ccc(CN(CCC)C(=O)c2ccc(OC)c(S(=O)(=O)N(C)C)c2)cc1OCC. The highest BCUT2D eigenvalue weighted by atomic mass is 32.2. The van der Waals surface area contributed by atoms with Gasteiger partial charge in [0, 0.05) is 32.7 Å². The molecule has 0 aliphatic rings. The standard InChI is InChI=1S/C25H36N2O6S/c1-7-14-27(18-19-10-12-21(33-15-8-2)23(16-19)32-9-3)25(28)20-11-13-22(31-6)24(17-20)34(29,30)26(4)5/h10-13,16-17H,7-9,14-15,18H2,1-6H3. The van der Waals surface area contributed by atoms with Crippen LogP contribution in [0, 0.1) is 0 Å². The third-order valence-electron chi connectivity index (χ3n) is 5.09. The van der Waals surface area contributed by atoms with Crippen molar-refractivity contribution in [3.8, 4) is 17.2 Å². The van der Waals surface area contributed by atoms with Gasteiger partial charge in [0.2, 0.25) is 10.0 Å². The van der Waals surface area contributed by atoms with E-state index in [1.807, 2.05) is 39.0 Å². The fourth-order valence-corrected chi connectivity index (χ4v) is 4.46. The summed E-state index contributed by atoms with van der Waals surface area (Å²) < 4.78 is 43.4. The molecule has 0 bridgehead atoms. The van der Waals surface area contributed by atoms with E-state index in [-0.39, 0.29) is 22.1 Å². The van der Waals surface area contributed by atoms with Crippen molar-refractivity contribution in [1.82, 2.24) is 9.21 Å². The maximum atomic E-state index is 13.4. The number of rotatable bonds is 13. The Labute approximate surface area is 203 Å². The average molecular weight is 493 g/mol. The molecule has 188 valence electrons. The Morgan fingerprint density at radius 1 is 0.912 bits per heavy atom. The molecule has 9 heteroatoms. The second-order valence-corrected chi connectivity index (χ2v) is 10.1. The molecule has 2 rings (SSSR count). The summed E-state index contributed by atoms with van der Waals surface area (Å²) in [6, 6.07) is 10.2. The summed E-state index contributed by atoms with van der Waals surface area (Å²) in [6.45, 7) is 7.89. The minimum absolute atomic E-state index is 0.0432. The van der Waals surface area contributed by atoms with Crippen LogP contribution >= 0.6 is 0 Å². The normalized spacial score (nSPS) is 11.4. The topological polar surface area (TPSA) is 85.4 Å². The summed E-state index contributed by atoms with van der Waals surface area (Å²) in [6.07, 6.45) is 1.64. The zero-order chi connectivity index (χ0) is 25.3. The highest BCUT2D eigenvalue weighted by molar-refractivity contribution is 7.89. The van der Waals surface area contributed by atoms with Crippen LogP contribution in [0.25, 0.3) is 0 Å². The van der Waals surface area contributed by atoms with Gasteiger partial charge in [0.1, 0.15) is 10.6 Å². The molecule has 34 heavy (non-hydrogen) atoms. The number of nitrogens with zero attached hydrogens (tertiary/aromatic N) is 2. The summed E-state index contributed by atoms with van der Waals surface area (Å²) in [5, 5.41) is 0. The van der Waals surface area contributed by atoms with Gasteiger partial charge in [-0.2, -0.15) is 0 Å². The molecule has 0 heterocycles. The van der Waals surface area contributed by atoms with Crippen LogP contribution in [0.2, 0.25) is 0 Å². The summed E-state index contributed by atoms with van der Waals surface area (Å²) >= 11 is 0. The second kappa shape index (κ2) is 12.6. The Morgan fingerprint density at radius 2 is 1.62 bits per heavy atom. The highest BCUT2D eigenvalue weighted by Gasteiger charge is 2.25. The summed E-state index contributed by atoms with van der Waals surface area (Å²) in [7, 11) is 0.494. The third kappa shape index (κ3) is 6.64. The Kier molecular flexibility index (Phi) is 10.2. The number of hydrogen-bond donors (Lipinski definition) is 0. The Hall–Kier alpha value is -2.78. The minimum atomic E-state index is -3.79. The molecule has 0 aromatic heterocycles. The lowest BCUT2D eigenvalue weighted by Gasteiger charge is -2.24. The monoisotopic (exact) mass is 492 g/mol. The van der Waals surface area contributed by atoms with Crippen LogP contribution in [0.1, 0.15) is 49.5 Å². The van der Waals surface area contributed by atoms with Gasteiger partial charge < -0.3 is 19.1 Å². The average Bonchev–Trinajstić information content (AvgIpc) is 2.82. The van der Waals surface area contributed by atoms with Crippen molar-refractivity contribution < 1.29 is 27.4 Å². The number of hydrogen-bond acceptors (Lipinski definition) is 6. The molecule has 2 aromatic rings. The van der Waals surface area contributed by atoms with E-state index in [1.165, 1.54) is 33.3 Å². The van der Waals surface area contributed by atoms with Crippen LogP contribution in [-0.4, -0.2) is 64.5 Å². The van der Waals surface area contributed by atoms with E-state index in [2.05, 4.69) is 0 Å². The van der Waals surface area contributed by atoms with Crippen molar-refractivity contribution in [3.63, 3.8) is 0 Å². The number of carbonyl (C=O) groups excluding carboxylic acids is 1. The van der Waals surface area contributed by atoms with Gasteiger partial charge in [-0.15, -0.1) is 0 Å². The van der Waals surface area contributed by atoms with E-state index in [9.17, 15) is 13.2 Å². The van der Waals surface area contributed by atoms with Gasteiger partial charge in [-0.05, 0) is 55.7 Å². The number of benzene rings is 2. The Balaban J connectivity index is 2.39. The summed E-state index contributed by atoms with van der Waals surface area (Å²) in [5.74, 6) is 1.25. The zero-order valence-corrected chi connectivity index (χ0v) is 21.8. The second-order valence-electron chi connectivity index (χ2n) is 7.94. The molecule has 0 atom stereocenters. The molecule has 2 aromatic carbocycles. The number of carbonyl (C=O) groups is 1. The van der Waals surface area contributed by atoms with Crippen molar-refractivity contribution in [2.75, 3.05) is 41.0 Å². The fraction of sp³-hybridized carbons (Fsp3) is 0.480. The van der Waals surface area contributed by atoms with Crippen molar-refractivity contribution in [2.45, 2.75) is 45.1 Å². The van der Waals surface area contributed by atoms with E-state index >= 15 is 0 Å². The number of ether oxygens (including phenoxy) is 3. The van der Waals surface area contributed by atoms with Crippen LogP contribution < -0.4 is 14.2 Å². The van der Waals surface area contributed by atoms with E-state index in [4.69, 9.17) is 14.2 Å². The molecule has 1 amide bonds. The van der Waals surface area contributed by atoms with Gasteiger partial charge in [-0.1, -0.05) is 19.9 Å². The van der Waals surface area contributed by atoms with Gasteiger partial charge in [0.15, 0.2) is 11.5 Å². The molecule has 8 nitrogen and oxygen atoms in total. The molecule has 0 saturated heterocycles. The molecule has 0 spiro atoms. The first-order chi connectivity index (χ1) is 16.2. The molecule has 0 aliphatic carbocycles. The molecular weight excluding hydrogens is 456 g/mol. The Morgan fingerprint density at radius 3 is 2.21 bits per heavy atom. The van der Waals surface area contributed by atoms with E-state index in [0.29, 0.717) is 37.8 Å². The predicted octanol–water partition coefficient (Wildman–Crippen LogP) is 4.19. The fourth-order valence-electron chi connectivity index (χ4n) is 3.38. The highest BCUT2D eigenvalue weighted by Crippen LogP contribution is 2.30. The number of methoxy groups -OCH3 is 1. The van der Waals surface area contributed by atoms with Gasteiger partial charge >= 0.3 is 0 Å². The first-order valence-corrected chi connectivity index (χ1v) is 12.9. The molecule has 0 saturated carbocycles. The quantitative estimate of drug-likeness (QED) is 0.417. The Bertz CT molecular complexity index is 1070. The maximum Gasteiger partial charge on any atom is 0.254 e. The smallest absolute Gasteiger partial charge is 0.254 e. The molecule has 0 unspecified atom stereocenters. The van der Waals surface area contributed by atoms with Crippen LogP contribution in [0.5, 0.6) is 17.2 Å². The summed E-state index contributed by atoms with van der Waals surface area (Å²) in [4.78, 5) is 15.1. The molecule has 0 radical (unpaired) electrons. The van der Waals surface area contributed by atoms with Gasteiger partial charge in [-0.3, -0.25) is 4.79 Å². The molecule has 0 fully saturated rings. The maximum absolute atomic E-state index is 13.4. The van der Waals surface area contributed by atoms with Crippen LogP contribution in [0.3, 0.4) is 0 Å². The van der Waals surface area contributed by atoms with Crippen molar-refractivity contribution >= 4 is 15.9 Å². The first-order valence-electron chi connectivity index (χ1n) is 11.5. The van der Waals surface area contributed by atoms with Gasteiger partial charge in [0.05, 0.1) is 20.3 Å². The first kappa shape index (κ1) is 27.5. The number of amides is 1. The molecule has 0 N–H and O–H groups in total. The van der Waals surface area contributed by atoms with E-state index in [1.54, 1.807) is 11.0 Å². The number of sulfonamides is 1. The molecular formula is C25H36N2O6S. The van der Waals surface area contributed by atoms with Crippen molar-refractivity contribution in [2.24, 2.45) is 0 Å².